The number of benzene rings is 1. The van der Waals surface area contributed by atoms with Crippen LogP contribution in [0.1, 0.15) is 34.3 Å². The summed E-state index contributed by atoms with van der Waals surface area (Å²) in [5, 5.41) is 5.51. The molecule has 1 atom stereocenters. The first-order valence-electron chi connectivity index (χ1n) is 9.52. The maximum atomic E-state index is 12.9. The Hall–Kier alpha value is -2.87. The fraction of sp³-hybridized carbons (Fsp3) is 0.450. The minimum absolute atomic E-state index is 0.142. The summed E-state index contributed by atoms with van der Waals surface area (Å²) in [5.41, 5.74) is 2.67. The summed E-state index contributed by atoms with van der Waals surface area (Å²) in [5.74, 6) is 0.0884. The number of carbonyl (C=O) groups excluding carboxylic acids is 3. The second-order valence-corrected chi connectivity index (χ2v) is 7.43. The Labute approximate surface area is 163 Å². The standard InChI is InChI=1S/C20H24N4O4/c1-23(11-14-9-21-7-8-28-14)10-13-3-2-4-15-16(13)12-24(20(15)27)17-5-6-18(25)22-19(17)26/h2-4,9,17,21H,5-8,10-12H2,1H3,(H,22,25,26). The predicted octanol–water partition coefficient (Wildman–Crippen LogP) is 0.341. The number of rotatable bonds is 5. The molecule has 1 fully saturated rings. The van der Waals surface area contributed by atoms with Gasteiger partial charge in [0.15, 0.2) is 0 Å². The van der Waals surface area contributed by atoms with E-state index >= 15 is 0 Å². The normalized spacial score (nSPS) is 21.8. The van der Waals surface area contributed by atoms with E-state index in [2.05, 4.69) is 15.5 Å². The molecule has 3 aliphatic heterocycles. The van der Waals surface area contributed by atoms with Crippen LogP contribution in [0.2, 0.25) is 0 Å². The van der Waals surface area contributed by atoms with Crippen molar-refractivity contribution in [3.63, 3.8) is 0 Å². The fourth-order valence-electron chi connectivity index (χ4n) is 3.97. The largest absolute Gasteiger partial charge is 0.493 e. The molecule has 0 aliphatic carbocycles. The van der Waals surface area contributed by atoms with Gasteiger partial charge in [0.2, 0.25) is 11.8 Å². The highest BCUT2D eigenvalue weighted by atomic mass is 16.5. The van der Waals surface area contributed by atoms with Crippen LogP contribution in [0.5, 0.6) is 0 Å². The summed E-state index contributed by atoms with van der Waals surface area (Å²) in [4.78, 5) is 40.2. The van der Waals surface area contributed by atoms with Crippen molar-refractivity contribution in [3.8, 4) is 0 Å². The summed E-state index contributed by atoms with van der Waals surface area (Å²) in [6.07, 6.45) is 2.52. The molecule has 8 nitrogen and oxygen atoms in total. The average Bonchev–Trinajstić information content (AvgIpc) is 3.00. The number of fused-ring (bicyclic) bond motifs is 1. The van der Waals surface area contributed by atoms with Gasteiger partial charge in [-0.15, -0.1) is 0 Å². The Morgan fingerprint density at radius 2 is 2.11 bits per heavy atom. The Bertz CT molecular complexity index is 851. The molecular formula is C20H24N4O4. The number of hydrogen-bond acceptors (Lipinski definition) is 6. The lowest BCUT2D eigenvalue weighted by atomic mass is 10.0. The molecule has 0 aromatic heterocycles. The first-order valence-corrected chi connectivity index (χ1v) is 9.52. The van der Waals surface area contributed by atoms with Crippen LogP contribution in [0.25, 0.3) is 0 Å². The van der Waals surface area contributed by atoms with E-state index in [1.54, 1.807) is 4.90 Å². The Kier molecular flexibility index (Phi) is 5.04. The van der Waals surface area contributed by atoms with Gasteiger partial charge < -0.3 is 15.0 Å². The highest BCUT2D eigenvalue weighted by Crippen LogP contribution is 2.30. The van der Waals surface area contributed by atoms with Crippen LogP contribution >= 0.6 is 0 Å². The van der Waals surface area contributed by atoms with E-state index in [-0.39, 0.29) is 24.1 Å². The van der Waals surface area contributed by atoms with E-state index in [9.17, 15) is 14.4 Å². The molecule has 0 bridgehead atoms. The summed E-state index contributed by atoms with van der Waals surface area (Å²) < 4.78 is 5.64. The number of piperidine rings is 1. The second-order valence-electron chi connectivity index (χ2n) is 7.43. The van der Waals surface area contributed by atoms with Crippen molar-refractivity contribution >= 4 is 17.7 Å². The third-order valence-electron chi connectivity index (χ3n) is 5.34. The summed E-state index contributed by atoms with van der Waals surface area (Å²) in [6.45, 7) is 3.21. The number of nitrogens with one attached hydrogen (secondary N) is 2. The van der Waals surface area contributed by atoms with E-state index < -0.39 is 6.04 Å². The number of amides is 3. The molecule has 1 aromatic rings. The molecule has 1 aromatic carbocycles. The lowest BCUT2D eigenvalue weighted by Crippen LogP contribution is -2.52. The number of nitrogens with zero attached hydrogens (tertiary/aromatic N) is 2. The third-order valence-corrected chi connectivity index (χ3v) is 5.34. The van der Waals surface area contributed by atoms with Crippen LogP contribution < -0.4 is 10.6 Å². The molecule has 0 radical (unpaired) electrons. The molecule has 148 valence electrons. The topological polar surface area (TPSA) is 91.0 Å². The van der Waals surface area contributed by atoms with Crippen molar-refractivity contribution in [3.05, 3.63) is 46.8 Å². The summed E-state index contributed by atoms with van der Waals surface area (Å²) in [6, 6.07) is 5.12. The number of likely N-dealkylation sites (N-methyl/N-ethyl adjacent to an activating group) is 1. The summed E-state index contributed by atoms with van der Waals surface area (Å²) in [7, 11) is 2.01. The van der Waals surface area contributed by atoms with Crippen LogP contribution in [-0.4, -0.2) is 60.3 Å². The first kappa shape index (κ1) is 18.5. The van der Waals surface area contributed by atoms with Gasteiger partial charge in [0.05, 0.1) is 6.54 Å². The van der Waals surface area contributed by atoms with E-state index in [0.717, 1.165) is 23.4 Å². The van der Waals surface area contributed by atoms with Gasteiger partial charge >= 0.3 is 0 Å². The molecule has 2 N–H and O–H groups in total. The highest BCUT2D eigenvalue weighted by molar-refractivity contribution is 6.05. The van der Waals surface area contributed by atoms with Gasteiger partial charge in [-0.05, 0) is 30.7 Å². The van der Waals surface area contributed by atoms with E-state index in [0.29, 0.717) is 38.2 Å². The van der Waals surface area contributed by atoms with Gasteiger partial charge in [-0.25, -0.2) is 0 Å². The molecule has 1 saturated heterocycles. The monoisotopic (exact) mass is 384 g/mol. The van der Waals surface area contributed by atoms with Gasteiger partial charge in [0.1, 0.15) is 18.4 Å². The van der Waals surface area contributed by atoms with Crippen molar-refractivity contribution in [1.82, 2.24) is 20.4 Å². The van der Waals surface area contributed by atoms with Crippen molar-refractivity contribution in [2.24, 2.45) is 0 Å². The predicted molar refractivity (Wildman–Crippen MR) is 101 cm³/mol. The molecule has 4 rings (SSSR count). The van der Waals surface area contributed by atoms with Crippen molar-refractivity contribution < 1.29 is 19.1 Å². The number of carbonyl (C=O) groups is 3. The Morgan fingerprint density at radius 3 is 2.86 bits per heavy atom. The van der Waals surface area contributed by atoms with Gasteiger partial charge in [-0.3, -0.25) is 24.6 Å². The lowest BCUT2D eigenvalue weighted by molar-refractivity contribution is -0.136. The van der Waals surface area contributed by atoms with E-state index in [1.807, 2.05) is 31.4 Å². The fourth-order valence-corrected chi connectivity index (χ4v) is 3.97. The minimum atomic E-state index is -0.588. The van der Waals surface area contributed by atoms with E-state index in [1.165, 1.54) is 0 Å². The van der Waals surface area contributed by atoms with Gasteiger partial charge in [-0.1, -0.05) is 12.1 Å². The molecule has 0 saturated carbocycles. The van der Waals surface area contributed by atoms with Crippen LogP contribution in [0.4, 0.5) is 0 Å². The quantitative estimate of drug-likeness (QED) is 0.712. The smallest absolute Gasteiger partial charge is 0.255 e. The van der Waals surface area contributed by atoms with Crippen LogP contribution in [0, 0.1) is 0 Å². The maximum Gasteiger partial charge on any atom is 0.255 e. The lowest BCUT2D eigenvalue weighted by Gasteiger charge is -2.29. The van der Waals surface area contributed by atoms with Crippen molar-refractivity contribution in [2.45, 2.75) is 32.0 Å². The SMILES string of the molecule is CN(CC1=CNCCO1)Cc1cccc2c1CN(C1CCC(=O)NC1=O)C2=O. The maximum absolute atomic E-state index is 12.9. The summed E-state index contributed by atoms with van der Waals surface area (Å²) >= 11 is 0. The zero-order chi connectivity index (χ0) is 19.7. The third kappa shape index (κ3) is 3.60. The zero-order valence-corrected chi connectivity index (χ0v) is 15.9. The molecular weight excluding hydrogens is 360 g/mol. The van der Waals surface area contributed by atoms with Crippen molar-refractivity contribution in [2.75, 3.05) is 26.7 Å². The molecule has 8 heteroatoms. The zero-order valence-electron chi connectivity index (χ0n) is 15.9. The highest BCUT2D eigenvalue weighted by Gasteiger charge is 2.39. The molecule has 28 heavy (non-hydrogen) atoms. The van der Waals surface area contributed by atoms with E-state index in [4.69, 9.17) is 4.74 Å². The molecule has 3 aliphatic rings. The van der Waals surface area contributed by atoms with Crippen LogP contribution in [0.3, 0.4) is 0 Å². The van der Waals surface area contributed by atoms with Crippen LogP contribution in [0.15, 0.2) is 30.2 Å². The molecule has 3 amide bonds. The first-order chi connectivity index (χ1) is 13.5. The second kappa shape index (κ2) is 7.63. The minimum Gasteiger partial charge on any atom is -0.493 e. The molecule has 0 spiro atoms. The number of hydrogen-bond donors (Lipinski definition) is 2. The Balaban J connectivity index is 1.49. The van der Waals surface area contributed by atoms with Gasteiger partial charge in [-0.2, -0.15) is 0 Å². The molecule has 1 unspecified atom stereocenters. The van der Waals surface area contributed by atoms with Crippen LogP contribution in [-0.2, 0) is 27.4 Å². The Morgan fingerprint density at radius 1 is 1.25 bits per heavy atom. The van der Waals surface area contributed by atoms with Gasteiger partial charge in [0.25, 0.3) is 5.91 Å². The average molecular weight is 384 g/mol. The number of ether oxygens (including phenoxy) is 1. The number of imide groups is 1. The van der Waals surface area contributed by atoms with Crippen molar-refractivity contribution in [1.29, 1.82) is 0 Å². The van der Waals surface area contributed by atoms with Gasteiger partial charge in [0, 0.05) is 37.8 Å². The molecule has 3 heterocycles.